The van der Waals surface area contributed by atoms with Gasteiger partial charge in [0, 0.05) is 37.8 Å². The third-order valence-electron chi connectivity index (χ3n) is 7.95. The van der Waals surface area contributed by atoms with E-state index < -0.39 is 0 Å². The molecule has 1 atom stereocenters. The first-order valence-electron chi connectivity index (χ1n) is 11.5. The number of fused-ring (bicyclic) bond motifs is 1. The van der Waals surface area contributed by atoms with Crippen molar-refractivity contribution in [3.8, 4) is 6.07 Å². The molecule has 0 radical (unpaired) electrons. The number of piperazine rings is 1. The van der Waals surface area contributed by atoms with Crippen molar-refractivity contribution in [3.63, 3.8) is 0 Å². The van der Waals surface area contributed by atoms with Crippen LogP contribution in [0.25, 0.3) is 11.0 Å². The van der Waals surface area contributed by atoms with Crippen LogP contribution in [0, 0.1) is 23.2 Å². The lowest BCUT2D eigenvalue weighted by Crippen LogP contribution is -2.69. The molecule has 9 nitrogen and oxygen atoms in total. The number of likely N-dealkylation sites (N-methyl/N-ethyl adjacent to an activating group) is 1. The lowest BCUT2D eigenvalue weighted by atomic mass is 9.42. The first-order valence-corrected chi connectivity index (χ1v) is 11.5. The number of aromatic nitrogens is 4. The summed E-state index contributed by atoms with van der Waals surface area (Å²) in [6.07, 6.45) is 5.49. The quantitative estimate of drug-likeness (QED) is 0.657. The Labute approximate surface area is 191 Å². The van der Waals surface area contributed by atoms with Gasteiger partial charge in [0.1, 0.15) is 23.1 Å². The molecule has 33 heavy (non-hydrogen) atoms. The second kappa shape index (κ2) is 7.25. The molecule has 1 saturated heterocycles. The zero-order chi connectivity index (χ0) is 22.7. The maximum atomic E-state index is 13.1. The average molecular weight is 443 g/mol. The second-order valence-electron chi connectivity index (χ2n) is 9.66. The van der Waals surface area contributed by atoms with Crippen molar-refractivity contribution in [3.05, 3.63) is 46.5 Å². The van der Waals surface area contributed by atoms with Crippen molar-refractivity contribution in [1.29, 1.82) is 5.26 Å². The Balaban J connectivity index is 1.32. The highest BCUT2D eigenvalue weighted by atomic mass is 16.1. The fourth-order valence-corrected chi connectivity index (χ4v) is 5.55. The van der Waals surface area contributed by atoms with Crippen molar-refractivity contribution in [1.82, 2.24) is 24.4 Å². The molecule has 3 saturated carbocycles. The van der Waals surface area contributed by atoms with Gasteiger partial charge >= 0.3 is 0 Å². The van der Waals surface area contributed by atoms with Crippen molar-refractivity contribution in [2.45, 2.75) is 25.3 Å². The minimum Gasteiger partial charge on any atom is -0.368 e. The minimum atomic E-state index is -0.255. The molecule has 7 rings (SSSR count). The Bertz CT molecular complexity index is 1330. The zero-order valence-corrected chi connectivity index (χ0v) is 18.8. The summed E-state index contributed by atoms with van der Waals surface area (Å²) in [7, 11) is 2.14. The standard InChI is InChI=1S/C24H26N8O/c1-15-18-10-24(15,11-18)32-21-17(9-16(12-25)22(32)33)13-27-23(29-21)28-20-4-3-19(14-26-20)31-7-5-30(2)6-8-31/h3-4,9,13-15,18H,5-8,10-11H2,1-2H3,(H,26,27,28,29)/t15-,18?,24?/m0/s1. The van der Waals surface area contributed by atoms with Crippen LogP contribution in [0.3, 0.4) is 0 Å². The highest BCUT2D eigenvalue weighted by Crippen LogP contribution is 2.66. The third kappa shape index (κ3) is 3.01. The molecule has 0 amide bonds. The number of nitrogens with one attached hydrogen (secondary N) is 1. The summed E-state index contributed by atoms with van der Waals surface area (Å²) < 4.78 is 1.77. The van der Waals surface area contributed by atoms with Crippen LogP contribution in [0.2, 0.25) is 0 Å². The summed E-state index contributed by atoms with van der Waals surface area (Å²) in [5, 5.41) is 13.4. The monoisotopic (exact) mass is 442 g/mol. The van der Waals surface area contributed by atoms with Crippen molar-refractivity contribution in [2.75, 3.05) is 43.4 Å². The van der Waals surface area contributed by atoms with Crippen LogP contribution < -0.4 is 15.8 Å². The maximum Gasteiger partial charge on any atom is 0.270 e. The number of anilines is 3. The van der Waals surface area contributed by atoms with Crippen LogP contribution in [0.1, 0.15) is 25.3 Å². The third-order valence-corrected chi connectivity index (χ3v) is 7.95. The summed E-state index contributed by atoms with van der Waals surface area (Å²) >= 11 is 0. The van der Waals surface area contributed by atoms with E-state index in [9.17, 15) is 10.1 Å². The summed E-state index contributed by atoms with van der Waals surface area (Å²) in [5.74, 6) is 2.12. The number of rotatable bonds is 4. The van der Waals surface area contributed by atoms with Crippen LogP contribution in [0.15, 0.2) is 35.4 Å². The number of nitrogens with zero attached hydrogens (tertiary/aromatic N) is 7. The molecule has 4 heterocycles. The van der Waals surface area contributed by atoms with Gasteiger partial charge in [-0.15, -0.1) is 0 Å². The summed E-state index contributed by atoms with van der Waals surface area (Å²) in [6.45, 7) is 6.24. The first kappa shape index (κ1) is 20.1. The average Bonchev–Trinajstić information content (AvgIpc) is 2.81. The van der Waals surface area contributed by atoms with E-state index in [1.807, 2.05) is 18.3 Å². The van der Waals surface area contributed by atoms with E-state index in [2.05, 4.69) is 45.1 Å². The van der Waals surface area contributed by atoms with Gasteiger partial charge in [0.25, 0.3) is 5.56 Å². The normalized spacial score (nSPS) is 26.4. The molecule has 2 bridgehead atoms. The van der Waals surface area contributed by atoms with Crippen LogP contribution in [-0.4, -0.2) is 57.6 Å². The summed E-state index contributed by atoms with van der Waals surface area (Å²) in [6, 6.07) is 7.63. The Hall–Kier alpha value is -3.51. The molecule has 168 valence electrons. The molecule has 1 N–H and O–H groups in total. The Morgan fingerprint density at radius 1 is 1.15 bits per heavy atom. The fraction of sp³-hybridized carbons (Fsp3) is 0.458. The van der Waals surface area contributed by atoms with Gasteiger partial charge in [-0.2, -0.15) is 10.2 Å². The SMILES string of the molecule is C[C@H]1C2CC1(n1c(=O)c(C#N)cc3cnc(Nc4ccc(N5CCN(C)CC5)cn4)nc31)C2. The molecular weight excluding hydrogens is 416 g/mol. The van der Waals surface area contributed by atoms with E-state index in [0.717, 1.165) is 44.7 Å². The Morgan fingerprint density at radius 2 is 1.94 bits per heavy atom. The van der Waals surface area contributed by atoms with Gasteiger partial charge in [-0.05, 0) is 49.9 Å². The molecule has 3 aromatic rings. The van der Waals surface area contributed by atoms with Gasteiger partial charge in [-0.1, -0.05) is 6.92 Å². The number of hydrogen-bond acceptors (Lipinski definition) is 8. The van der Waals surface area contributed by atoms with Crippen LogP contribution in [0.4, 0.5) is 17.5 Å². The van der Waals surface area contributed by atoms with E-state index in [1.165, 1.54) is 0 Å². The molecular formula is C24H26N8O. The highest BCUT2D eigenvalue weighted by molar-refractivity contribution is 5.78. The topological polar surface area (TPSA) is 103 Å². The fourth-order valence-electron chi connectivity index (χ4n) is 5.55. The largest absolute Gasteiger partial charge is 0.368 e. The van der Waals surface area contributed by atoms with Crippen LogP contribution in [-0.2, 0) is 5.54 Å². The van der Waals surface area contributed by atoms with E-state index in [4.69, 9.17) is 4.98 Å². The van der Waals surface area contributed by atoms with E-state index in [1.54, 1.807) is 16.8 Å². The van der Waals surface area contributed by atoms with Gasteiger partial charge in [0.05, 0.1) is 17.4 Å². The highest BCUT2D eigenvalue weighted by Gasteiger charge is 2.65. The van der Waals surface area contributed by atoms with E-state index >= 15 is 0 Å². The van der Waals surface area contributed by atoms with E-state index in [-0.39, 0.29) is 16.7 Å². The number of hydrogen-bond donors (Lipinski definition) is 1. The predicted octanol–water partition coefficient (Wildman–Crippen LogP) is 2.31. The predicted molar refractivity (Wildman–Crippen MR) is 126 cm³/mol. The molecule has 0 spiro atoms. The number of nitriles is 1. The lowest BCUT2D eigenvalue weighted by molar-refractivity contribution is -0.162. The van der Waals surface area contributed by atoms with Crippen molar-refractivity contribution < 1.29 is 0 Å². The smallest absolute Gasteiger partial charge is 0.270 e. The summed E-state index contributed by atoms with van der Waals surface area (Å²) in [4.78, 5) is 31.5. The van der Waals surface area contributed by atoms with E-state index in [0.29, 0.717) is 34.6 Å². The van der Waals surface area contributed by atoms with Gasteiger partial charge < -0.3 is 15.1 Å². The molecule has 0 unspecified atom stereocenters. The molecule has 9 heteroatoms. The molecule has 4 fully saturated rings. The van der Waals surface area contributed by atoms with Crippen molar-refractivity contribution >= 4 is 28.5 Å². The van der Waals surface area contributed by atoms with Gasteiger partial charge in [0.15, 0.2) is 0 Å². The van der Waals surface area contributed by atoms with Crippen molar-refractivity contribution in [2.24, 2.45) is 11.8 Å². The lowest BCUT2D eigenvalue weighted by Gasteiger charge is -2.67. The van der Waals surface area contributed by atoms with Gasteiger partial charge in [-0.3, -0.25) is 9.36 Å². The molecule has 3 aromatic heterocycles. The maximum absolute atomic E-state index is 13.1. The molecule has 3 aliphatic carbocycles. The van der Waals surface area contributed by atoms with Gasteiger partial charge in [-0.25, -0.2) is 9.97 Å². The minimum absolute atomic E-state index is 0.143. The first-order chi connectivity index (χ1) is 16.0. The van der Waals surface area contributed by atoms with Gasteiger partial charge in [0.2, 0.25) is 5.95 Å². The molecule has 4 aliphatic rings. The second-order valence-corrected chi connectivity index (χ2v) is 9.66. The number of pyridine rings is 2. The zero-order valence-electron chi connectivity index (χ0n) is 18.8. The molecule has 1 aliphatic heterocycles. The van der Waals surface area contributed by atoms with Crippen LogP contribution >= 0.6 is 0 Å². The summed E-state index contributed by atoms with van der Waals surface area (Å²) in [5.41, 5.74) is 1.35. The van der Waals surface area contributed by atoms with Crippen LogP contribution in [0.5, 0.6) is 0 Å². The molecule has 0 aromatic carbocycles. The Kier molecular flexibility index (Phi) is 4.42. The Morgan fingerprint density at radius 3 is 2.55 bits per heavy atom.